The Labute approximate surface area is 183 Å². The van der Waals surface area contributed by atoms with Gasteiger partial charge < -0.3 is 10.6 Å². The number of nitrogens with two attached hydrogens (primary N) is 1. The van der Waals surface area contributed by atoms with Crippen molar-refractivity contribution in [1.29, 1.82) is 5.26 Å². The minimum atomic E-state index is 0.250. The molecule has 0 saturated carbocycles. The van der Waals surface area contributed by atoms with Gasteiger partial charge in [0.25, 0.3) is 0 Å². The summed E-state index contributed by atoms with van der Waals surface area (Å²) < 4.78 is 1.73. The molecule has 160 valence electrons. The molecule has 0 amide bonds. The van der Waals surface area contributed by atoms with Gasteiger partial charge in [-0.3, -0.25) is 9.58 Å². The summed E-state index contributed by atoms with van der Waals surface area (Å²) >= 11 is 0. The third-order valence-electron chi connectivity index (χ3n) is 6.10. The summed E-state index contributed by atoms with van der Waals surface area (Å²) in [6.45, 7) is 9.46. The Morgan fingerprint density at radius 2 is 1.81 bits per heavy atom. The zero-order valence-corrected chi connectivity index (χ0v) is 18.7. The molecule has 0 unspecified atom stereocenters. The van der Waals surface area contributed by atoms with E-state index >= 15 is 0 Å². The lowest BCUT2D eigenvalue weighted by Gasteiger charge is -2.33. The highest BCUT2D eigenvalue weighted by atomic mass is 15.2. The van der Waals surface area contributed by atoms with Gasteiger partial charge in [-0.2, -0.15) is 10.4 Å². The lowest BCUT2D eigenvalue weighted by atomic mass is 9.91. The fourth-order valence-electron chi connectivity index (χ4n) is 4.22. The van der Waals surface area contributed by atoms with E-state index in [0.29, 0.717) is 5.56 Å². The van der Waals surface area contributed by atoms with Crippen LogP contribution in [0.1, 0.15) is 22.3 Å². The van der Waals surface area contributed by atoms with Crippen LogP contribution in [0, 0.1) is 25.2 Å². The molecule has 4 rings (SSSR count). The highest BCUT2D eigenvalue weighted by Gasteiger charge is 2.19. The molecular formula is C24H29N7. The molecule has 1 aliphatic heterocycles. The number of aromatic nitrogens is 3. The highest BCUT2D eigenvalue weighted by Crippen LogP contribution is 2.35. The number of nitrogen functional groups attached to an aromatic ring is 1. The summed E-state index contributed by atoms with van der Waals surface area (Å²) in [5.41, 5.74) is 13.8. The molecule has 1 saturated heterocycles. The standard InChI is InChI=1S/C24H29N7/c1-16-9-18(15-31-7-5-29(3)6-8-31)17(2)20(10-16)21-11-23(19-13-27-30(4)14-19)28-24(26)22(21)12-25/h9-11,13-14H,5-8,15H2,1-4H3,(H2,26,28). The minimum Gasteiger partial charge on any atom is -0.383 e. The van der Waals surface area contributed by atoms with Crippen LogP contribution in [-0.4, -0.2) is 57.8 Å². The Hall–Kier alpha value is -3.21. The van der Waals surface area contributed by atoms with E-state index in [2.05, 4.69) is 59.0 Å². The van der Waals surface area contributed by atoms with E-state index in [1.165, 1.54) is 16.7 Å². The van der Waals surface area contributed by atoms with Gasteiger partial charge in [-0.25, -0.2) is 4.98 Å². The molecule has 1 aromatic carbocycles. The molecule has 3 heterocycles. The van der Waals surface area contributed by atoms with Crippen molar-refractivity contribution in [2.24, 2.45) is 7.05 Å². The van der Waals surface area contributed by atoms with Crippen LogP contribution in [0.25, 0.3) is 22.4 Å². The zero-order chi connectivity index (χ0) is 22.1. The summed E-state index contributed by atoms with van der Waals surface area (Å²) in [5, 5.41) is 14.1. The molecule has 1 aliphatic rings. The molecule has 0 bridgehead atoms. The molecule has 7 nitrogen and oxygen atoms in total. The fourth-order valence-corrected chi connectivity index (χ4v) is 4.22. The molecule has 2 aromatic heterocycles. The summed E-state index contributed by atoms with van der Waals surface area (Å²) in [5.74, 6) is 0.250. The fraction of sp³-hybridized carbons (Fsp3) is 0.375. The normalized spacial score (nSPS) is 15.2. The van der Waals surface area contributed by atoms with E-state index in [-0.39, 0.29) is 5.82 Å². The van der Waals surface area contributed by atoms with Gasteiger partial charge >= 0.3 is 0 Å². The first-order chi connectivity index (χ1) is 14.9. The minimum absolute atomic E-state index is 0.250. The van der Waals surface area contributed by atoms with Gasteiger partial charge in [0, 0.05) is 57.1 Å². The number of anilines is 1. The van der Waals surface area contributed by atoms with Crippen molar-refractivity contribution < 1.29 is 0 Å². The molecule has 2 N–H and O–H groups in total. The molecule has 0 radical (unpaired) electrons. The first-order valence-corrected chi connectivity index (χ1v) is 10.6. The van der Waals surface area contributed by atoms with Crippen molar-refractivity contribution in [3.8, 4) is 28.5 Å². The summed E-state index contributed by atoms with van der Waals surface area (Å²) in [6.07, 6.45) is 3.67. The Bertz CT molecular complexity index is 1150. The quantitative estimate of drug-likeness (QED) is 0.705. The van der Waals surface area contributed by atoms with E-state index in [0.717, 1.165) is 55.1 Å². The number of nitriles is 1. The smallest absolute Gasteiger partial charge is 0.142 e. The molecule has 0 spiro atoms. The zero-order valence-electron chi connectivity index (χ0n) is 18.7. The van der Waals surface area contributed by atoms with Crippen LogP contribution in [0.4, 0.5) is 5.82 Å². The third-order valence-corrected chi connectivity index (χ3v) is 6.10. The molecule has 0 atom stereocenters. The van der Waals surface area contributed by atoms with Gasteiger partial charge in [-0.1, -0.05) is 17.7 Å². The van der Waals surface area contributed by atoms with Gasteiger partial charge in [0.1, 0.15) is 17.5 Å². The van der Waals surface area contributed by atoms with Gasteiger partial charge in [0.2, 0.25) is 0 Å². The van der Waals surface area contributed by atoms with E-state index in [9.17, 15) is 5.26 Å². The average molecular weight is 416 g/mol. The predicted molar refractivity (Wildman–Crippen MR) is 123 cm³/mol. The van der Waals surface area contributed by atoms with Crippen LogP contribution in [0.5, 0.6) is 0 Å². The molecule has 3 aromatic rings. The van der Waals surface area contributed by atoms with Crippen molar-refractivity contribution in [1.82, 2.24) is 24.6 Å². The van der Waals surface area contributed by atoms with Crippen molar-refractivity contribution in [2.75, 3.05) is 39.0 Å². The van der Waals surface area contributed by atoms with Gasteiger partial charge in [-0.05, 0) is 43.7 Å². The molecular weight excluding hydrogens is 386 g/mol. The van der Waals surface area contributed by atoms with Gasteiger partial charge in [0.05, 0.1) is 11.9 Å². The predicted octanol–water partition coefficient (Wildman–Crippen LogP) is 2.97. The Morgan fingerprint density at radius 1 is 1.06 bits per heavy atom. The number of aryl methyl sites for hydroxylation is 2. The van der Waals surface area contributed by atoms with Crippen LogP contribution in [0.2, 0.25) is 0 Å². The Kier molecular flexibility index (Phi) is 5.77. The van der Waals surface area contributed by atoms with Crippen LogP contribution >= 0.6 is 0 Å². The number of piperazine rings is 1. The summed E-state index contributed by atoms with van der Waals surface area (Å²) in [6, 6.07) is 8.64. The number of nitrogens with zero attached hydrogens (tertiary/aromatic N) is 6. The number of pyridine rings is 1. The first kappa shape index (κ1) is 21.0. The summed E-state index contributed by atoms with van der Waals surface area (Å²) in [4.78, 5) is 9.34. The van der Waals surface area contributed by atoms with Gasteiger partial charge in [-0.15, -0.1) is 0 Å². The SMILES string of the molecule is Cc1cc(CN2CCN(C)CC2)c(C)c(-c2cc(-c3cnn(C)c3)nc(N)c2C#N)c1. The highest BCUT2D eigenvalue weighted by molar-refractivity contribution is 5.82. The Balaban J connectivity index is 1.79. The van der Waals surface area contributed by atoms with Crippen molar-refractivity contribution in [3.63, 3.8) is 0 Å². The second-order valence-electron chi connectivity index (χ2n) is 8.51. The maximum absolute atomic E-state index is 9.84. The lowest BCUT2D eigenvalue weighted by molar-refractivity contribution is 0.148. The van der Waals surface area contributed by atoms with E-state index in [1.807, 2.05) is 19.3 Å². The van der Waals surface area contributed by atoms with Crippen molar-refractivity contribution in [2.45, 2.75) is 20.4 Å². The van der Waals surface area contributed by atoms with E-state index < -0.39 is 0 Å². The average Bonchev–Trinajstić information content (AvgIpc) is 3.18. The molecule has 31 heavy (non-hydrogen) atoms. The number of rotatable bonds is 4. The number of hydrogen-bond donors (Lipinski definition) is 1. The maximum Gasteiger partial charge on any atom is 0.142 e. The van der Waals surface area contributed by atoms with Crippen LogP contribution in [-0.2, 0) is 13.6 Å². The topological polar surface area (TPSA) is 87.0 Å². The molecule has 7 heteroatoms. The third kappa shape index (κ3) is 4.31. The summed E-state index contributed by atoms with van der Waals surface area (Å²) in [7, 11) is 4.04. The number of hydrogen-bond acceptors (Lipinski definition) is 6. The van der Waals surface area contributed by atoms with Crippen LogP contribution < -0.4 is 5.73 Å². The van der Waals surface area contributed by atoms with Crippen molar-refractivity contribution >= 4 is 5.82 Å². The van der Waals surface area contributed by atoms with E-state index in [1.54, 1.807) is 10.9 Å². The van der Waals surface area contributed by atoms with Crippen molar-refractivity contribution in [3.05, 3.63) is 52.8 Å². The van der Waals surface area contributed by atoms with Crippen LogP contribution in [0.3, 0.4) is 0 Å². The first-order valence-electron chi connectivity index (χ1n) is 10.6. The molecule has 1 fully saturated rings. The second-order valence-corrected chi connectivity index (χ2v) is 8.51. The number of benzene rings is 1. The largest absolute Gasteiger partial charge is 0.383 e. The van der Waals surface area contributed by atoms with Gasteiger partial charge in [0.15, 0.2) is 0 Å². The second kappa shape index (κ2) is 8.50. The monoisotopic (exact) mass is 415 g/mol. The lowest BCUT2D eigenvalue weighted by Crippen LogP contribution is -2.44. The maximum atomic E-state index is 9.84. The number of likely N-dealkylation sites (N-methyl/N-ethyl adjacent to an activating group) is 1. The van der Waals surface area contributed by atoms with E-state index in [4.69, 9.17) is 5.73 Å². The Morgan fingerprint density at radius 3 is 2.45 bits per heavy atom. The van der Waals surface area contributed by atoms with Crippen LogP contribution in [0.15, 0.2) is 30.6 Å². The molecule has 0 aliphatic carbocycles.